The van der Waals surface area contributed by atoms with Gasteiger partial charge in [0.2, 0.25) is 0 Å². The van der Waals surface area contributed by atoms with E-state index in [4.69, 9.17) is 4.74 Å². The Kier molecular flexibility index (Phi) is 6.53. The molecule has 3 heteroatoms. The second-order valence-electron chi connectivity index (χ2n) is 6.65. The molecule has 0 saturated heterocycles. The van der Waals surface area contributed by atoms with Gasteiger partial charge in [-0.1, -0.05) is 43.6 Å². The van der Waals surface area contributed by atoms with E-state index >= 15 is 0 Å². The fraction of sp³-hybridized carbons (Fsp3) is 0.647. The van der Waals surface area contributed by atoms with E-state index in [1.54, 1.807) is 7.11 Å². The highest BCUT2D eigenvalue weighted by molar-refractivity contribution is 9.10. The molecule has 0 fully saturated rings. The van der Waals surface area contributed by atoms with Gasteiger partial charge in [-0.15, -0.1) is 0 Å². The first-order valence-electron chi connectivity index (χ1n) is 7.27. The molecule has 0 aliphatic rings. The number of halogens is 1. The number of hydrogen-bond acceptors (Lipinski definition) is 2. The molecule has 0 amide bonds. The number of rotatable bonds is 6. The van der Waals surface area contributed by atoms with Crippen LogP contribution in [-0.2, 0) is 6.42 Å². The molecule has 2 nitrogen and oxygen atoms in total. The van der Waals surface area contributed by atoms with Crippen molar-refractivity contribution in [3.63, 3.8) is 0 Å². The second-order valence-corrected chi connectivity index (χ2v) is 7.56. The minimum atomic E-state index is 0.344. The number of hydrogen-bond donors (Lipinski definition) is 1. The predicted octanol–water partition coefficient (Wildman–Crippen LogP) is 4.66. The second kappa shape index (κ2) is 7.46. The standard InChI is InChI=1S/C17H28BrNO/c1-12(17(2,3)4)9-15(19-5)11-13-10-14(18)7-8-16(13)20-6/h7-8,10,12,15,19H,9,11H2,1-6H3. The maximum Gasteiger partial charge on any atom is 0.122 e. The lowest BCUT2D eigenvalue weighted by Crippen LogP contribution is -2.33. The predicted molar refractivity (Wildman–Crippen MR) is 90.5 cm³/mol. The van der Waals surface area contributed by atoms with Crippen LogP contribution in [0.1, 0.15) is 39.7 Å². The highest BCUT2D eigenvalue weighted by Gasteiger charge is 2.23. The van der Waals surface area contributed by atoms with Crippen molar-refractivity contribution < 1.29 is 4.74 Å². The van der Waals surface area contributed by atoms with Gasteiger partial charge in [0.05, 0.1) is 7.11 Å². The average molecular weight is 342 g/mol. The average Bonchev–Trinajstić information content (AvgIpc) is 2.37. The molecule has 0 bridgehead atoms. The summed E-state index contributed by atoms with van der Waals surface area (Å²) in [5.41, 5.74) is 1.60. The number of likely N-dealkylation sites (N-methyl/N-ethyl adjacent to an activating group) is 1. The van der Waals surface area contributed by atoms with E-state index in [9.17, 15) is 0 Å². The van der Waals surface area contributed by atoms with Crippen molar-refractivity contribution >= 4 is 15.9 Å². The molecular weight excluding hydrogens is 314 g/mol. The summed E-state index contributed by atoms with van der Waals surface area (Å²) in [6, 6.07) is 6.67. The van der Waals surface area contributed by atoms with Crippen LogP contribution in [0.15, 0.2) is 22.7 Å². The lowest BCUT2D eigenvalue weighted by molar-refractivity contribution is 0.224. The van der Waals surface area contributed by atoms with Crippen molar-refractivity contribution in [2.24, 2.45) is 11.3 Å². The summed E-state index contributed by atoms with van der Waals surface area (Å²) in [6.45, 7) is 9.26. The highest BCUT2D eigenvalue weighted by Crippen LogP contribution is 2.31. The zero-order chi connectivity index (χ0) is 15.3. The zero-order valence-electron chi connectivity index (χ0n) is 13.6. The Balaban J connectivity index is 2.81. The lowest BCUT2D eigenvalue weighted by Gasteiger charge is -2.31. The van der Waals surface area contributed by atoms with Crippen LogP contribution in [0.25, 0.3) is 0 Å². The van der Waals surface area contributed by atoms with Crippen molar-refractivity contribution in [2.75, 3.05) is 14.2 Å². The van der Waals surface area contributed by atoms with Gasteiger partial charge in [-0.2, -0.15) is 0 Å². The number of nitrogens with one attached hydrogen (secondary N) is 1. The summed E-state index contributed by atoms with van der Waals surface area (Å²) in [4.78, 5) is 0. The zero-order valence-corrected chi connectivity index (χ0v) is 15.2. The van der Waals surface area contributed by atoms with E-state index in [1.807, 2.05) is 19.2 Å². The molecule has 1 rings (SSSR count). The number of ether oxygens (including phenoxy) is 1. The van der Waals surface area contributed by atoms with Crippen molar-refractivity contribution in [1.29, 1.82) is 0 Å². The summed E-state index contributed by atoms with van der Waals surface area (Å²) >= 11 is 3.54. The first-order valence-corrected chi connectivity index (χ1v) is 8.07. The normalized spacial score (nSPS) is 14.9. The molecule has 0 aliphatic heterocycles. The summed E-state index contributed by atoms with van der Waals surface area (Å²) < 4.78 is 6.57. The molecule has 0 aliphatic carbocycles. The van der Waals surface area contributed by atoms with Gasteiger partial charge in [0, 0.05) is 10.5 Å². The molecule has 0 radical (unpaired) electrons. The van der Waals surface area contributed by atoms with Crippen LogP contribution < -0.4 is 10.1 Å². The van der Waals surface area contributed by atoms with E-state index in [2.05, 4.69) is 55.0 Å². The van der Waals surface area contributed by atoms with Gasteiger partial charge >= 0.3 is 0 Å². The highest BCUT2D eigenvalue weighted by atomic mass is 79.9. The molecule has 1 aromatic rings. The molecule has 0 aromatic heterocycles. The van der Waals surface area contributed by atoms with Crippen LogP contribution in [0.5, 0.6) is 5.75 Å². The molecule has 2 atom stereocenters. The minimum absolute atomic E-state index is 0.344. The summed E-state index contributed by atoms with van der Waals surface area (Å²) in [7, 11) is 3.78. The molecule has 20 heavy (non-hydrogen) atoms. The van der Waals surface area contributed by atoms with Gasteiger partial charge in [0.15, 0.2) is 0 Å². The topological polar surface area (TPSA) is 21.3 Å². The Bertz CT molecular complexity index is 425. The third-order valence-corrected chi connectivity index (χ3v) is 4.73. The molecule has 2 unspecified atom stereocenters. The summed E-state index contributed by atoms with van der Waals surface area (Å²) in [5, 5.41) is 3.45. The van der Waals surface area contributed by atoms with Crippen LogP contribution in [0, 0.1) is 11.3 Å². The third-order valence-electron chi connectivity index (χ3n) is 4.23. The minimum Gasteiger partial charge on any atom is -0.496 e. The molecule has 0 saturated carbocycles. The van der Waals surface area contributed by atoms with Crippen molar-refractivity contribution in [1.82, 2.24) is 5.32 Å². The van der Waals surface area contributed by atoms with Crippen LogP contribution in [0.2, 0.25) is 0 Å². The van der Waals surface area contributed by atoms with Gasteiger partial charge < -0.3 is 10.1 Å². The molecule has 1 aromatic carbocycles. The quantitative estimate of drug-likeness (QED) is 0.812. The van der Waals surface area contributed by atoms with Crippen LogP contribution in [0.3, 0.4) is 0 Å². The first kappa shape index (κ1) is 17.5. The lowest BCUT2D eigenvalue weighted by atomic mass is 9.78. The van der Waals surface area contributed by atoms with Crippen LogP contribution in [0.4, 0.5) is 0 Å². The smallest absolute Gasteiger partial charge is 0.122 e. The molecule has 0 spiro atoms. The van der Waals surface area contributed by atoms with E-state index in [0.717, 1.165) is 23.1 Å². The fourth-order valence-corrected chi connectivity index (χ4v) is 2.66. The van der Waals surface area contributed by atoms with Gasteiger partial charge in [-0.3, -0.25) is 0 Å². The van der Waals surface area contributed by atoms with Gasteiger partial charge in [-0.25, -0.2) is 0 Å². The third kappa shape index (κ3) is 5.10. The number of benzene rings is 1. The fourth-order valence-electron chi connectivity index (χ4n) is 2.26. The van der Waals surface area contributed by atoms with Crippen molar-refractivity contribution in [3.8, 4) is 5.75 Å². The molecule has 114 valence electrons. The molecular formula is C17H28BrNO. The summed E-state index contributed by atoms with van der Waals surface area (Å²) in [6.07, 6.45) is 2.15. The Morgan fingerprint density at radius 3 is 2.45 bits per heavy atom. The Morgan fingerprint density at radius 1 is 1.30 bits per heavy atom. The Labute approximate surface area is 132 Å². The van der Waals surface area contributed by atoms with Crippen LogP contribution >= 0.6 is 15.9 Å². The number of methoxy groups -OCH3 is 1. The van der Waals surface area contributed by atoms with E-state index < -0.39 is 0 Å². The summed E-state index contributed by atoms with van der Waals surface area (Å²) in [5.74, 6) is 1.63. The van der Waals surface area contributed by atoms with Crippen LogP contribution in [-0.4, -0.2) is 20.2 Å². The Hall–Kier alpha value is -0.540. The maximum atomic E-state index is 5.47. The molecule has 0 heterocycles. The van der Waals surface area contributed by atoms with Crippen molar-refractivity contribution in [3.05, 3.63) is 28.2 Å². The Morgan fingerprint density at radius 2 is 1.95 bits per heavy atom. The van der Waals surface area contributed by atoms with E-state index in [0.29, 0.717) is 17.4 Å². The maximum absolute atomic E-state index is 5.47. The monoisotopic (exact) mass is 341 g/mol. The van der Waals surface area contributed by atoms with E-state index in [-0.39, 0.29) is 0 Å². The SMILES string of the molecule is CNC(Cc1cc(Br)ccc1OC)CC(C)C(C)(C)C. The van der Waals surface area contributed by atoms with Gasteiger partial charge in [0.1, 0.15) is 5.75 Å². The largest absolute Gasteiger partial charge is 0.496 e. The van der Waals surface area contributed by atoms with Gasteiger partial charge in [-0.05, 0) is 55.0 Å². The van der Waals surface area contributed by atoms with E-state index in [1.165, 1.54) is 5.56 Å². The first-order chi connectivity index (χ1) is 9.27. The van der Waals surface area contributed by atoms with Crippen molar-refractivity contribution in [2.45, 2.75) is 46.6 Å². The molecule has 1 N–H and O–H groups in total. The van der Waals surface area contributed by atoms with Gasteiger partial charge in [0.25, 0.3) is 0 Å².